The van der Waals surface area contributed by atoms with Crippen molar-refractivity contribution in [3.8, 4) is 0 Å². The number of hydrogen-bond donors (Lipinski definition) is 1. The Balaban J connectivity index is 3.56. The van der Waals surface area contributed by atoms with Crippen LogP contribution >= 0.6 is 8.25 Å². The molecular formula is C9H21O3P. The van der Waals surface area contributed by atoms with Crippen molar-refractivity contribution in [2.45, 2.75) is 58.5 Å². The van der Waals surface area contributed by atoms with Gasteiger partial charge in [0.1, 0.15) is 0 Å². The van der Waals surface area contributed by atoms with Gasteiger partial charge in [0.15, 0.2) is 0 Å². The van der Waals surface area contributed by atoms with E-state index in [9.17, 15) is 4.57 Å². The van der Waals surface area contributed by atoms with Gasteiger partial charge in [0.05, 0.1) is 5.60 Å². The Labute approximate surface area is 81.4 Å². The fourth-order valence-corrected chi connectivity index (χ4v) is 1.84. The van der Waals surface area contributed by atoms with Crippen LogP contribution in [0.3, 0.4) is 0 Å². The molecule has 0 amide bonds. The van der Waals surface area contributed by atoms with Crippen molar-refractivity contribution in [1.82, 2.24) is 0 Å². The molecule has 0 fully saturated rings. The minimum absolute atomic E-state index is 0.446. The summed E-state index contributed by atoms with van der Waals surface area (Å²) >= 11 is 0. The molecule has 0 rings (SSSR count). The second kappa shape index (κ2) is 6.58. The lowest BCUT2D eigenvalue weighted by Gasteiger charge is -2.22. The van der Waals surface area contributed by atoms with Crippen molar-refractivity contribution in [3.63, 3.8) is 0 Å². The van der Waals surface area contributed by atoms with Crippen LogP contribution in [-0.4, -0.2) is 10.5 Å². The zero-order chi connectivity index (χ0) is 10.3. The lowest BCUT2D eigenvalue weighted by molar-refractivity contribution is 0.0910. The van der Waals surface area contributed by atoms with E-state index in [4.69, 9.17) is 9.42 Å². The van der Waals surface area contributed by atoms with Crippen LogP contribution in [0.25, 0.3) is 0 Å². The van der Waals surface area contributed by atoms with Crippen LogP contribution in [0.4, 0.5) is 0 Å². The summed E-state index contributed by atoms with van der Waals surface area (Å²) in [4.78, 5) is 8.61. The molecule has 3 nitrogen and oxygen atoms in total. The van der Waals surface area contributed by atoms with Crippen molar-refractivity contribution < 1.29 is 14.0 Å². The molecule has 0 aliphatic rings. The smallest absolute Gasteiger partial charge is 0.317 e. The molecule has 0 aromatic heterocycles. The van der Waals surface area contributed by atoms with Gasteiger partial charge >= 0.3 is 8.25 Å². The third-order valence-electron chi connectivity index (χ3n) is 2.00. The highest BCUT2D eigenvalue weighted by Gasteiger charge is 2.19. The van der Waals surface area contributed by atoms with E-state index in [2.05, 4.69) is 6.92 Å². The first-order valence-electron chi connectivity index (χ1n) is 4.90. The number of rotatable bonds is 7. The average molecular weight is 208 g/mol. The van der Waals surface area contributed by atoms with Crippen LogP contribution in [-0.2, 0) is 9.09 Å². The van der Waals surface area contributed by atoms with Gasteiger partial charge in [0, 0.05) is 0 Å². The van der Waals surface area contributed by atoms with Crippen molar-refractivity contribution >= 4 is 8.25 Å². The Morgan fingerprint density at radius 1 is 1.31 bits per heavy atom. The lowest BCUT2D eigenvalue weighted by Crippen LogP contribution is -2.20. The second-order valence-electron chi connectivity index (χ2n) is 3.94. The minimum Gasteiger partial charge on any atom is -0.326 e. The highest BCUT2D eigenvalue weighted by molar-refractivity contribution is 7.32. The summed E-state index contributed by atoms with van der Waals surface area (Å²) in [7, 11) is -2.78. The predicted molar refractivity (Wildman–Crippen MR) is 55.1 cm³/mol. The Hall–Kier alpha value is 0.150. The highest BCUT2D eigenvalue weighted by atomic mass is 31.1. The van der Waals surface area contributed by atoms with Crippen LogP contribution in [0.1, 0.15) is 52.9 Å². The molecule has 0 aliphatic carbocycles. The predicted octanol–water partition coefficient (Wildman–Crippen LogP) is 3.13. The summed E-state index contributed by atoms with van der Waals surface area (Å²) in [5.41, 5.74) is -0.446. The number of unbranched alkanes of at least 4 members (excludes halogenated alkanes) is 3. The highest BCUT2D eigenvalue weighted by Crippen LogP contribution is 2.29. The Kier molecular flexibility index (Phi) is 6.66. The first-order chi connectivity index (χ1) is 5.98. The summed E-state index contributed by atoms with van der Waals surface area (Å²) in [6.45, 7) is 5.88. The molecule has 4 heteroatoms. The van der Waals surface area contributed by atoms with E-state index >= 15 is 0 Å². The molecule has 0 aromatic carbocycles. The fourth-order valence-electron chi connectivity index (χ4n) is 1.26. The van der Waals surface area contributed by atoms with Crippen LogP contribution in [0.2, 0.25) is 0 Å². The van der Waals surface area contributed by atoms with E-state index in [-0.39, 0.29) is 0 Å². The molecule has 0 saturated carbocycles. The average Bonchev–Trinajstić information content (AvgIpc) is 1.95. The molecule has 0 bridgehead atoms. The monoisotopic (exact) mass is 208 g/mol. The maximum absolute atomic E-state index is 10.5. The summed E-state index contributed by atoms with van der Waals surface area (Å²) < 4.78 is 15.4. The summed E-state index contributed by atoms with van der Waals surface area (Å²) in [6, 6.07) is 0. The van der Waals surface area contributed by atoms with Gasteiger partial charge in [-0.2, -0.15) is 0 Å². The second-order valence-corrected chi connectivity index (χ2v) is 4.67. The van der Waals surface area contributed by atoms with Gasteiger partial charge in [-0.3, -0.25) is 4.57 Å². The van der Waals surface area contributed by atoms with Gasteiger partial charge in [0.2, 0.25) is 0 Å². The molecule has 1 N–H and O–H groups in total. The first-order valence-corrected chi connectivity index (χ1v) is 6.16. The first kappa shape index (κ1) is 13.2. The SMILES string of the molecule is CCCCCCC(C)(C)O[PH](=O)O. The van der Waals surface area contributed by atoms with Gasteiger partial charge in [-0.1, -0.05) is 32.6 Å². The largest absolute Gasteiger partial charge is 0.326 e. The van der Waals surface area contributed by atoms with Crippen LogP contribution in [0.15, 0.2) is 0 Å². The van der Waals surface area contributed by atoms with E-state index in [1.165, 1.54) is 19.3 Å². The Bertz CT molecular complexity index is 157. The maximum atomic E-state index is 10.5. The van der Waals surface area contributed by atoms with Gasteiger partial charge in [-0.25, -0.2) is 0 Å². The van der Waals surface area contributed by atoms with E-state index < -0.39 is 13.9 Å². The third-order valence-corrected chi connectivity index (χ3v) is 2.72. The van der Waals surface area contributed by atoms with Gasteiger partial charge in [0.25, 0.3) is 0 Å². The van der Waals surface area contributed by atoms with Crippen molar-refractivity contribution in [1.29, 1.82) is 0 Å². The maximum Gasteiger partial charge on any atom is 0.317 e. The topological polar surface area (TPSA) is 46.5 Å². The molecule has 0 aliphatic heterocycles. The molecule has 0 aromatic rings. The lowest BCUT2D eigenvalue weighted by atomic mass is 10.0. The van der Waals surface area contributed by atoms with Crippen molar-refractivity contribution in [2.75, 3.05) is 0 Å². The van der Waals surface area contributed by atoms with Gasteiger partial charge in [-0.15, -0.1) is 0 Å². The molecule has 0 saturated heterocycles. The number of hydrogen-bond acceptors (Lipinski definition) is 2. The molecule has 1 unspecified atom stereocenters. The molecule has 0 radical (unpaired) electrons. The van der Waals surface area contributed by atoms with Gasteiger partial charge < -0.3 is 9.42 Å². The molecule has 13 heavy (non-hydrogen) atoms. The standard InChI is InChI=1S/C9H21O3P/c1-4-5-6-7-8-9(2,3)12-13(10)11/h13H,4-8H2,1-3H3,(H,10,11). The van der Waals surface area contributed by atoms with E-state index in [1.807, 2.05) is 13.8 Å². The minimum atomic E-state index is -2.78. The Morgan fingerprint density at radius 2 is 1.92 bits per heavy atom. The zero-order valence-electron chi connectivity index (χ0n) is 8.80. The third kappa shape index (κ3) is 8.48. The summed E-state index contributed by atoms with van der Waals surface area (Å²) in [5, 5.41) is 0. The van der Waals surface area contributed by atoms with E-state index in [0.717, 1.165) is 12.8 Å². The van der Waals surface area contributed by atoms with Crippen LogP contribution < -0.4 is 0 Å². The molecule has 80 valence electrons. The van der Waals surface area contributed by atoms with Crippen molar-refractivity contribution in [2.24, 2.45) is 0 Å². The molecule has 0 spiro atoms. The van der Waals surface area contributed by atoms with Gasteiger partial charge in [-0.05, 0) is 20.3 Å². The normalized spacial score (nSPS) is 14.5. The summed E-state index contributed by atoms with van der Waals surface area (Å²) in [5.74, 6) is 0. The summed E-state index contributed by atoms with van der Waals surface area (Å²) in [6.07, 6.45) is 5.53. The molecular weight excluding hydrogens is 187 g/mol. The van der Waals surface area contributed by atoms with E-state index in [0.29, 0.717) is 0 Å². The molecule has 0 heterocycles. The van der Waals surface area contributed by atoms with E-state index in [1.54, 1.807) is 0 Å². The molecule has 1 atom stereocenters. The fraction of sp³-hybridized carbons (Fsp3) is 1.00. The quantitative estimate of drug-likeness (QED) is 0.516. The van der Waals surface area contributed by atoms with Crippen LogP contribution in [0.5, 0.6) is 0 Å². The Morgan fingerprint density at radius 3 is 2.38 bits per heavy atom. The van der Waals surface area contributed by atoms with Crippen LogP contribution in [0, 0.1) is 0 Å². The van der Waals surface area contributed by atoms with Crippen molar-refractivity contribution in [3.05, 3.63) is 0 Å². The zero-order valence-corrected chi connectivity index (χ0v) is 9.80.